The molecule has 0 aromatic heterocycles. The molecule has 1 unspecified atom stereocenters. The summed E-state index contributed by atoms with van der Waals surface area (Å²) in [5, 5.41) is 4.44. The van der Waals surface area contributed by atoms with Crippen molar-refractivity contribution in [2.45, 2.75) is 25.9 Å². The Morgan fingerprint density at radius 2 is 2.40 bits per heavy atom. The molecular weight excluding hydrogens is 226 g/mol. The van der Waals surface area contributed by atoms with Crippen LogP contribution in [0.15, 0.2) is 18.2 Å². The van der Waals surface area contributed by atoms with Crippen molar-refractivity contribution in [2.75, 3.05) is 11.5 Å². The predicted octanol–water partition coefficient (Wildman–Crippen LogP) is 3.24. The quantitative estimate of drug-likeness (QED) is 0.872. The fourth-order valence-electron chi connectivity index (χ4n) is 1.70. The van der Waals surface area contributed by atoms with E-state index in [0.29, 0.717) is 6.04 Å². The van der Waals surface area contributed by atoms with Gasteiger partial charge in [-0.2, -0.15) is 11.8 Å². The molecule has 3 heteroatoms. The summed E-state index contributed by atoms with van der Waals surface area (Å²) < 4.78 is 0. The number of nitrogens with one attached hydrogen (secondary N) is 1. The maximum atomic E-state index is 6.08. The number of aryl methyl sites for hydroxylation is 1. The van der Waals surface area contributed by atoms with Gasteiger partial charge in [-0.15, -0.1) is 0 Å². The molecule has 1 N–H and O–H groups in total. The van der Waals surface area contributed by atoms with Gasteiger partial charge in [0.2, 0.25) is 0 Å². The Labute approximate surface area is 101 Å². The van der Waals surface area contributed by atoms with Gasteiger partial charge in [-0.25, -0.2) is 0 Å². The van der Waals surface area contributed by atoms with Gasteiger partial charge in [-0.05, 0) is 36.3 Å². The third-order valence-corrected chi connectivity index (χ3v) is 4.33. The Morgan fingerprint density at radius 1 is 1.53 bits per heavy atom. The van der Waals surface area contributed by atoms with E-state index in [1.807, 2.05) is 18.7 Å². The zero-order valence-electron chi connectivity index (χ0n) is 8.92. The van der Waals surface area contributed by atoms with Gasteiger partial charge in [0.05, 0.1) is 0 Å². The van der Waals surface area contributed by atoms with Crippen LogP contribution < -0.4 is 5.32 Å². The molecule has 1 aromatic rings. The molecule has 82 valence electrons. The highest BCUT2D eigenvalue weighted by atomic mass is 35.5. The third kappa shape index (κ3) is 3.13. The van der Waals surface area contributed by atoms with Crippen molar-refractivity contribution >= 4 is 23.4 Å². The summed E-state index contributed by atoms with van der Waals surface area (Å²) in [6, 6.07) is 6.99. The van der Waals surface area contributed by atoms with Crippen molar-refractivity contribution < 1.29 is 0 Å². The van der Waals surface area contributed by atoms with Gasteiger partial charge in [-0.1, -0.05) is 23.7 Å². The molecule has 2 rings (SSSR count). The van der Waals surface area contributed by atoms with Gasteiger partial charge in [0.15, 0.2) is 0 Å². The van der Waals surface area contributed by atoms with Crippen LogP contribution in [-0.4, -0.2) is 17.5 Å². The number of halogens is 1. The van der Waals surface area contributed by atoms with E-state index in [1.54, 1.807) is 0 Å². The average molecular weight is 242 g/mol. The molecular formula is C12H16ClNS. The van der Waals surface area contributed by atoms with Gasteiger partial charge >= 0.3 is 0 Å². The molecule has 0 spiro atoms. The van der Waals surface area contributed by atoms with Crippen molar-refractivity contribution in [3.8, 4) is 0 Å². The van der Waals surface area contributed by atoms with E-state index in [9.17, 15) is 0 Å². The fraction of sp³-hybridized carbons (Fsp3) is 0.500. The van der Waals surface area contributed by atoms with Gasteiger partial charge in [0.25, 0.3) is 0 Å². The minimum absolute atomic E-state index is 0.690. The van der Waals surface area contributed by atoms with Crippen LogP contribution in [0.2, 0.25) is 5.02 Å². The second kappa shape index (κ2) is 5.24. The molecule has 1 fully saturated rings. The van der Waals surface area contributed by atoms with E-state index in [1.165, 1.54) is 23.5 Å². The van der Waals surface area contributed by atoms with Gasteiger partial charge in [0.1, 0.15) is 0 Å². The molecule has 1 aliphatic rings. The molecule has 0 bridgehead atoms. The lowest BCUT2D eigenvalue weighted by atomic mass is 10.1. The SMILES string of the molecule is Cc1ccc(CNC2CCSC2)cc1Cl. The van der Waals surface area contributed by atoms with E-state index in [0.717, 1.165) is 17.1 Å². The van der Waals surface area contributed by atoms with Crippen LogP contribution in [0.3, 0.4) is 0 Å². The van der Waals surface area contributed by atoms with Crippen molar-refractivity contribution in [3.63, 3.8) is 0 Å². The predicted molar refractivity (Wildman–Crippen MR) is 68.8 cm³/mol. The third-order valence-electron chi connectivity index (χ3n) is 2.76. The number of hydrogen-bond donors (Lipinski definition) is 1. The summed E-state index contributed by atoms with van der Waals surface area (Å²) in [6.07, 6.45) is 1.30. The second-order valence-corrected chi connectivity index (χ2v) is 5.58. The lowest BCUT2D eigenvalue weighted by Crippen LogP contribution is -2.27. The Morgan fingerprint density at radius 3 is 3.07 bits per heavy atom. The van der Waals surface area contributed by atoms with Crippen molar-refractivity contribution in [2.24, 2.45) is 0 Å². The van der Waals surface area contributed by atoms with E-state index in [-0.39, 0.29) is 0 Å². The molecule has 15 heavy (non-hydrogen) atoms. The molecule has 0 saturated carbocycles. The summed E-state index contributed by atoms with van der Waals surface area (Å²) in [5.41, 5.74) is 2.43. The minimum Gasteiger partial charge on any atom is -0.309 e. The van der Waals surface area contributed by atoms with E-state index < -0.39 is 0 Å². The summed E-state index contributed by atoms with van der Waals surface area (Å²) in [4.78, 5) is 0. The van der Waals surface area contributed by atoms with Gasteiger partial charge < -0.3 is 5.32 Å². The van der Waals surface area contributed by atoms with Crippen LogP contribution >= 0.6 is 23.4 Å². The summed E-state index contributed by atoms with van der Waals surface area (Å²) in [7, 11) is 0. The van der Waals surface area contributed by atoms with Crippen LogP contribution in [0, 0.1) is 6.92 Å². The molecule has 1 aromatic carbocycles. The van der Waals surface area contributed by atoms with Crippen molar-refractivity contribution in [1.29, 1.82) is 0 Å². The van der Waals surface area contributed by atoms with Crippen LogP contribution in [0.1, 0.15) is 17.5 Å². The number of hydrogen-bond acceptors (Lipinski definition) is 2. The van der Waals surface area contributed by atoms with Crippen molar-refractivity contribution in [3.05, 3.63) is 34.3 Å². The first-order chi connectivity index (χ1) is 7.25. The van der Waals surface area contributed by atoms with E-state index in [2.05, 4.69) is 23.5 Å². The topological polar surface area (TPSA) is 12.0 Å². The Hall–Kier alpha value is -0.180. The molecule has 1 aliphatic heterocycles. The van der Waals surface area contributed by atoms with E-state index in [4.69, 9.17) is 11.6 Å². The lowest BCUT2D eigenvalue weighted by Gasteiger charge is -2.11. The molecule has 0 radical (unpaired) electrons. The highest BCUT2D eigenvalue weighted by Crippen LogP contribution is 2.19. The summed E-state index contributed by atoms with van der Waals surface area (Å²) >= 11 is 8.11. The molecule has 0 amide bonds. The van der Waals surface area contributed by atoms with Crippen LogP contribution in [-0.2, 0) is 6.54 Å². The van der Waals surface area contributed by atoms with Gasteiger partial charge in [0, 0.05) is 23.4 Å². The monoisotopic (exact) mass is 241 g/mol. The smallest absolute Gasteiger partial charge is 0.0438 e. The first kappa shape index (κ1) is 11.3. The standard InChI is InChI=1S/C12H16ClNS/c1-9-2-3-10(6-12(9)13)7-14-11-4-5-15-8-11/h2-3,6,11,14H,4-5,7-8H2,1H3. The Bertz CT molecular complexity index is 334. The maximum absolute atomic E-state index is 6.08. The fourth-order valence-corrected chi connectivity index (χ4v) is 3.09. The second-order valence-electron chi connectivity index (χ2n) is 4.02. The zero-order valence-corrected chi connectivity index (χ0v) is 10.5. The first-order valence-corrected chi connectivity index (χ1v) is 6.85. The Balaban J connectivity index is 1.90. The van der Waals surface area contributed by atoms with Crippen LogP contribution in [0.4, 0.5) is 0 Å². The highest BCUT2D eigenvalue weighted by Gasteiger charge is 2.14. The molecule has 1 heterocycles. The summed E-state index contributed by atoms with van der Waals surface area (Å²) in [5.74, 6) is 2.55. The first-order valence-electron chi connectivity index (χ1n) is 5.32. The average Bonchev–Trinajstić information content (AvgIpc) is 2.73. The molecule has 1 nitrogen and oxygen atoms in total. The zero-order chi connectivity index (χ0) is 10.7. The largest absolute Gasteiger partial charge is 0.309 e. The maximum Gasteiger partial charge on any atom is 0.0438 e. The van der Waals surface area contributed by atoms with Crippen LogP contribution in [0.25, 0.3) is 0 Å². The van der Waals surface area contributed by atoms with Crippen LogP contribution in [0.5, 0.6) is 0 Å². The van der Waals surface area contributed by atoms with Crippen molar-refractivity contribution in [1.82, 2.24) is 5.32 Å². The summed E-state index contributed by atoms with van der Waals surface area (Å²) in [6.45, 7) is 2.97. The Kier molecular flexibility index (Phi) is 3.95. The molecule has 0 aliphatic carbocycles. The lowest BCUT2D eigenvalue weighted by molar-refractivity contribution is 0.558. The highest BCUT2D eigenvalue weighted by molar-refractivity contribution is 7.99. The van der Waals surface area contributed by atoms with E-state index >= 15 is 0 Å². The number of benzene rings is 1. The minimum atomic E-state index is 0.690. The van der Waals surface area contributed by atoms with Gasteiger partial charge in [-0.3, -0.25) is 0 Å². The number of thioether (sulfide) groups is 1. The number of rotatable bonds is 3. The molecule has 1 atom stereocenters. The normalized spacial score (nSPS) is 20.8. The molecule has 1 saturated heterocycles.